The quantitative estimate of drug-likeness (QED) is 0.637. The first-order chi connectivity index (χ1) is 6.83. The number of ether oxygens (including phenoxy) is 1. The first-order valence-electron chi connectivity index (χ1n) is 6.18. The van der Waals surface area contributed by atoms with E-state index in [0.717, 1.165) is 32.0 Å². The first kappa shape index (κ1) is 12.0. The third kappa shape index (κ3) is 4.97. The highest BCUT2D eigenvalue weighted by Gasteiger charge is 2.13. The summed E-state index contributed by atoms with van der Waals surface area (Å²) in [6.07, 6.45) is 8.30. The summed E-state index contributed by atoms with van der Waals surface area (Å²) in [7, 11) is 0. The Kier molecular flexibility index (Phi) is 6.20. The molecule has 0 radical (unpaired) electrons. The van der Waals surface area contributed by atoms with E-state index in [9.17, 15) is 0 Å². The van der Waals surface area contributed by atoms with Gasteiger partial charge in [0.2, 0.25) is 0 Å². The monoisotopic (exact) mass is 199 g/mol. The van der Waals surface area contributed by atoms with Gasteiger partial charge in [-0.25, -0.2) is 0 Å². The van der Waals surface area contributed by atoms with Crippen molar-refractivity contribution in [2.75, 3.05) is 13.2 Å². The molecular weight excluding hydrogens is 174 g/mol. The van der Waals surface area contributed by atoms with Crippen LogP contribution in [0.15, 0.2) is 0 Å². The molecule has 2 nitrogen and oxygen atoms in total. The number of nitrogens with one attached hydrogen (secondary N) is 1. The summed E-state index contributed by atoms with van der Waals surface area (Å²) in [6, 6.07) is 0.804. The molecule has 1 unspecified atom stereocenters. The van der Waals surface area contributed by atoms with E-state index in [4.69, 9.17) is 4.74 Å². The second kappa shape index (κ2) is 7.24. The predicted octanol–water partition coefficient (Wildman–Crippen LogP) is 2.72. The van der Waals surface area contributed by atoms with Crippen LogP contribution in [0.25, 0.3) is 0 Å². The largest absolute Gasteiger partial charge is 0.378 e. The summed E-state index contributed by atoms with van der Waals surface area (Å²) < 4.78 is 5.62. The third-order valence-electron chi connectivity index (χ3n) is 3.09. The smallest absolute Gasteiger partial charge is 0.0544 e. The molecule has 1 rings (SSSR count). The maximum absolute atomic E-state index is 5.62. The molecule has 0 aromatic heterocycles. The molecule has 1 fully saturated rings. The molecule has 0 saturated heterocycles. The molecule has 1 atom stereocenters. The zero-order valence-electron chi connectivity index (χ0n) is 9.72. The third-order valence-corrected chi connectivity index (χ3v) is 3.09. The fourth-order valence-corrected chi connectivity index (χ4v) is 1.91. The molecule has 0 spiro atoms. The number of hydrogen-bond acceptors (Lipinski definition) is 2. The average molecular weight is 199 g/mol. The number of rotatable bonds is 7. The van der Waals surface area contributed by atoms with Crippen LogP contribution in [0, 0.1) is 0 Å². The highest BCUT2D eigenvalue weighted by Crippen LogP contribution is 2.17. The Morgan fingerprint density at radius 3 is 2.71 bits per heavy atom. The van der Waals surface area contributed by atoms with E-state index >= 15 is 0 Å². The minimum Gasteiger partial charge on any atom is -0.378 e. The maximum Gasteiger partial charge on any atom is 0.0544 e. The minimum atomic E-state index is 0.432. The minimum absolute atomic E-state index is 0.432. The second-order valence-corrected chi connectivity index (χ2v) is 4.38. The van der Waals surface area contributed by atoms with Gasteiger partial charge < -0.3 is 10.1 Å². The van der Waals surface area contributed by atoms with Crippen molar-refractivity contribution in [2.24, 2.45) is 0 Å². The Hall–Kier alpha value is -0.0800. The van der Waals surface area contributed by atoms with Crippen LogP contribution in [0.1, 0.15) is 52.4 Å². The zero-order valence-corrected chi connectivity index (χ0v) is 9.72. The van der Waals surface area contributed by atoms with Crippen LogP contribution in [0.4, 0.5) is 0 Å². The molecule has 0 bridgehead atoms. The van der Waals surface area contributed by atoms with Crippen molar-refractivity contribution in [1.82, 2.24) is 5.32 Å². The van der Waals surface area contributed by atoms with E-state index < -0.39 is 0 Å². The molecule has 0 heterocycles. The van der Waals surface area contributed by atoms with Crippen molar-refractivity contribution in [2.45, 2.75) is 64.5 Å². The lowest BCUT2D eigenvalue weighted by Crippen LogP contribution is -2.27. The fourth-order valence-electron chi connectivity index (χ4n) is 1.91. The van der Waals surface area contributed by atoms with Crippen molar-refractivity contribution < 1.29 is 4.74 Å². The van der Waals surface area contributed by atoms with E-state index in [0.29, 0.717) is 6.10 Å². The van der Waals surface area contributed by atoms with E-state index in [2.05, 4.69) is 19.2 Å². The Morgan fingerprint density at radius 2 is 2.07 bits per heavy atom. The Balaban J connectivity index is 1.84. The second-order valence-electron chi connectivity index (χ2n) is 4.38. The normalized spacial score (nSPS) is 20.1. The Morgan fingerprint density at radius 1 is 1.36 bits per heavy atom. The van der Waals surface area contributed by atoms with Gasteiger partial charge in [-0.05, 0) is 39.2 Å². The molecule has 84 valence electrons. The summed E-state index contributed by atoms with van der Waals surface area (Å²) in [4.78, 5) is 0. The van der Waals surface area contributed by atoms with Crippen LogP contribution in [-0.4, -0.2) is 25.3 Å². The van der Waals surface area contributed by atoms with Gasteiger partial charge in [-0.15, -0.1) is 0 Å². The molecular formula is C12H25NO. The van der Waals surface area contributed by atoms with Crippen LogP contribution in [-0.2, 0) is 4.74 Å². The van der Waals surface area contributed by atoms with Crippen LogP contribution >= 0.6 is 0 Å². The van der Waals surface area contributed by atoms with Crippen molar-refractivity contribution in [1.29, 1.82) is 0 Å². The lowest BCUT2D eigenvalue weighted by molar-refractivity contribution is 0.0618. The maximum atomic E-state index is 5.62. The summed E-state index contributed by atoms with van der Waals surface area (Å²) >= 11 is 0. The standard InChI is InChI=1S/C12H25NO/c1-3-11(2)14-10-6-9-13-12-7-4-5-8-12/h11-13H,3-10H2,1-2H3. The van der Waals surface area contributed by atoms with Gasteiger partial charge in [-0.1, -0.05) is 19.8 Å². The summed E-state index contributed by atoms with van der Waals surface area (Å²) in [6.45, 7) is 6.35. The Bertz CT molecular complexity index is 132. The first-order valence-corrected chi connectivity index (χ1v) is 6.18. The van der Waals surface area contributed by atoms with Crippen molar-refractivity contribution in [3.05, 3.63) is 0 Å². The van der Waals surface area contributed by atoms with Crippen molar-refractivity contribution in [3.8, 4) is 0 Å². The molecule has 1 N–H and O–H groups in total. The van der Waals surface area contributed by atoms with Gasteiger partial charge in [-0.3, -0.25) is 0 Å². The van der Waals surface area contributed by atoms with Gasteiger partial charge in [0.05, 0.1) is 6.10 Å². The van der Waals surface area contributed by atoms with E-state index in [-0.39, 0.29) is 0 Å². The highest BCUT2D eigenvalue weighted by atomic mass is 16.5. The van der Waals surface area contributed by atoms with Crippen LogP contribution in [0.3, 0.4) is 0 Å². The van der Waals surface area contributed by atoms with Crippen LogP contribution < -0.4 is 5.32 Å². The molecule has 0 amide bonds. The van der Waals surface area contributed by atoms with Crippen molar-refractivity contribution >= 4 is 0 Å². The molecule has 0 aromatic rings. The molecule has 1 aliphatic rings. The number of hydrogen-bond donors (Lipinski definition) is 1. The molecule has 1 saturated carbocycles. The summed E-state index contributed by atoms with van der Waals surface area (Å²) in [5.74, 6) is 0. The lowest BCUT2D eigenvalue weighted by atomic mass is 10.2. The van der Waals surface area contributed by atoms with Gasteiger partial charge in [0, 0.05) is 12.6 Å². The summed E-state index contributed by atoms with van der Waals surface area (Å²) in [5.41, 5.74) is 0. The molecule has 14 heavy (non-hydrogen) atoms. The predicted molar refractivity (Wildman–Crippen MR) is 60.6 cm³/mol. The van der Waals surface area contributed by atoms with Gasteiger partial charge in [0.1, 0.15) is 0 Å². The average Bonchev–Trinajstić information content (AvgIpc) is 2.69. The SMILES string of the molecule is CCC(C)OCCCNC1CCCC1. The van der Waals surface area contributed by atoms with Crippen LogP contribution in [0.2, 0.25) is 0 Å². The van der Waals surface area contributed by atoms with E-state index in [1.165, 1.54) is 25.7 Å². The molecule has 0 aromatic carbocycles. The Labute approximate surface area is 88.4 Å². The van der Waals surface area contributed by atoms with Gasteiger partial charge in [0.25, 0.3) is 0 Å². The topological polar surface area (TPSA) is 21.3 Å². The van der Waals surface area contributed by atoms with Gasteiger partial charge in [-0.2, -0.15) is 0 Å². The highest BCUT2D eigenvalue weighted by molar-refractivity contribution is 4.73. The zero-order chi connectivity index (χ0) is 10.2. The molecule has 0 aliphatic heterocycles. The molecule has 1 aliphatic carbocycles. The fraction of sp³-hybridized carbons (Fsp3) is 1.00. The van der Waals surface area contributed by atoms with Gasteiger partial charge in [0.15, 0.2) is 0 Å². The molecule has 2 heteroatoms. The lowest BCUT2D eigenvalue weighted by Gasteiger charge is -2.13. The van der Waals surface area contributed by atoms with Gasteiger partial charge >= 0.3 is 0 Å². The van der Waals surface area contributed by atoms with E-state index in [1.54, 1.807) is 0 Å². The van der Waals surface area contributed by atoms with E-state index in [1.807, 2.05) is 0 Å². The van der Waals surface area contributed by atoms with Crippen molar-refractivity contribution in [3.63, 3.8) is 0 Å². The van der Waals surface area contributed by atoms with Crippen LogP contribution in [0.5, 0.6) is 0 Å². The summed E-state index contributed by atoms with van der Waals surface area (Å²) in [5, 5.41) is 3.59.